The summed E-state index contributed by atoms with van der Waals surface area (Å²) in [5.41, 5.74) is 5.21. The van der Waals surface area contributed by atoms with E-state index in [0.717, 1.165) is 24.4 Å². The lowest BCUT2D eigenvalue weighted by molar-refractivity contribution is 0.0600. The van der Waals surface area contributed by atoms with E-state index in [-0.39, 0.29) is 0 Å². The van der Waals surface area contributed by atoms with Crippen molar-refractivity contribution >= 4 is 17.1 Å². The van der Waals surface area contributed by atoms with E-state index >= 15 is 0 Å². The van der Waals surface area contributed by atoms with Crippen LogP contribution in [0, 0.1) is 0 Å². The topological polar surface area (TPSA) is 77.1 Å². The van der Waals surface area contributed by atoms with Crippen LogP contribution in [-0.2, 0) is 22.5 Å². The van der Waals surface area contributed by atoms with Crippen molar-refractivity contribution in [3.63, 3.8) is 0 Å². The number of hydrogen-bond donors (Lipinski definition) is 1. The summed E-state index contributed by atoms with van der Waals surface area (Å²) in [6.45, 7) is 1.42. The Balaban J connectivity index is 1.75. The molecule has 3 aromatic rings. The van der Waals surface area contributed by atoms with Crippen LogP contribution in [0.25, 0.3) is 22.6 Å². The highest BCUT2D eigenvalue weighted by Gasteiger charge is 2.14. The van der Waals surface area contributed by atoms with Gasteiger partial charge in [-0.25, -0.2) is 14.8 Å². The highest BCUT2D eigenvalue weighted by atomic mass is 16.5. The third kappa shape index (κ3) is 2.47. The number of nitrogens with one attached hydrogen (secondary N) is 1. The van der Waals surface area contributed by atoms with Crippen LogP contribution < -0.4 is 0 Å². The molecule has 1 aliphatic rings. The van der Waals surface area contributed by atoms with E-state index in [1.54, 1.807) is 6.07 Å². The molecule has 3 heterocycles. The molecule has 0 radical (unpaired) electrons. The Kier molecular flexibility index (Phi) is 3.31. The van der Waals surface area contributed by atoms with E-state index in [1.165, 1.54) is 24.4 Å². The summed E-state index contributed by atoms with van der Waals surface area (Å²) < 4.78 is 10.2. The highest BCUT2D eigenvalue weighted by molar-refractivity contribution is 5.92. The van der Waals surface area contributed by atoms with Crippen LogP contribution in [0.1, 0.15) is 21.5 Å². The number of benzene rings is 1. The van der Waals surface area contributed by atoms with Gasteiger partial charge in [0.2, 0.25) is 0 Å². The second kappa shape index (κ2) is 5.48. The first-order valence-electron chi connectivity index (χ1n) is 7.38. The second-order valence-electron chi connectivity index (χ2n) is 5.46. The zero-order chi connectivity index (χ0) is 15.8. The average molecular weight is 309 g/mol. The standard InChI is InChI=1S/C17H15N3O3/c1-22-17(21)13-7-14-16(18-8-13)20-15(19-14)11-2-3-12-9-23-5-4-10(12)6-11/h2-3,6-8H,4-5,9H2,1H3,(H,18,19,20). The van der Waals surface area contributed by atoms with E-state index in [1.807, 2.05) is 6.07 Å². The number of ether oxygens (including phenoxy) is 2. The van der Waals surface area contributed by atoms with Gasteiger partial charge in [-0.3, -0.25) is 0 Å². The highest BCUT2D eigenvalue weighted by Crippen LogP contribution is 2.25. The molecule has 0 unspecified atom stereocenters. The molecule has 1 aromatic carbocycles. The molecule has 0 saturated heterocycles. The molecule has 0 spiro atoms. The predicted molar refractivity (Wildman–Crippen MR) is 84.0 cm³/mol. The maximum absolute atomic E-state index is 11.6. The first-order chi connectivity index (χ1) is 11.2. The molecule has 1 N–H and O–H groups in total. The van der Waals surface area contributed by atoms with Crippen molar-refractivity contribution < 1.29 is 14.3 Å². The van der Waals surface area contributed by atoms with Crippen LogP contribution in [-0.4, -0.2) is 34.6 Å². The van der Waals surface area contributed by atoms with Gasteiger partial charge < -0.3 is 14.5 Å². The smallest absolute Gasteiger partial charge is 0.339 e. The van der Waals surface area contributed by atoms with E-state index in [9.17, 15) is 4.79 Å². The summed E-state index contributed by atoms with van der Waals surface area (Å²) in [5.74, 6) is 0.327. The lowest BCUT2D eigenvalue weighted by Crippen LogP contribution is -2.09. The van der Waals surface area contributed by atoms with E-state index < -0.39 is 5.97 Å². The number of aromatic nitrogens is 3. The van der Waals surface area contributed by atoms with Crippen molar-refractivity contribution in [2.24, 2.45) is 0 Å². The maximum atomic E-state index is 11.6. The molecular weight excluding hydrogens is 294 g/mol. The SMILES string of the molecule is COC(=O)c1cnc2nc(-c3ccc4c(c3)CCOC4)[nH]c2c1. The Labute approximate surface area is 132 Å². The molecular formula is C17H15N3O3. The Morgan fingerprint density at radius 2 is 2.22 bits per heavy atom. The minimum absolute atomic E-state index is 0.401. The number of nitrogens with zero attached hydrogens (tertiary/aromatic N) is 2. The molecule has 23 heavy (non-hydrogen) atoms. The van der Waals surface area contributed by atoms with Crippen LogP contribution in [0.4, 0.5) is 0 Å². The van der Waals surface area contributed by atoms with Crippen molar-refractivity contribution in [1.29, 1.82) is 0 Å². The number of carbonyl (C=O) groups excluding carboxylic acids is 1. The summed E-state index contributed by atoms with van der Waals surface area (Å²) in [6, 6.07) is 7.93. The van der Waals surface area contributed by atoms with Gasteiger partial charge in [0.25, 0.3) is 0 Å². The van der Waals surface area contributed by atoms with Gasteiger partial charge in [-0.15, -0.1) is 0 Å². The summed E-state index contributed by atoms with van der Waals surface area (Å²) in [5, 5.41) is 0. The number of rotatable bonds is 2. The average Bonchev–Trinajstić information content (AvgIpc) is 3.03. The number of esters is 1. The summed E-state index contributed by atoms with van der Waals surface area (Å²) in [6.07, 6.45) is 2.39. The normalized spacial score (nSPS) is 13.8. The molecule has 6 heteroatoms. The Morgan fingerprint density at radius 1 is 1.30 bits per heavy atom. The third-order valence-corrected chi connectivity index (χ3v) is 4.01. The van der Waals surface area contributed by atoms with Crippen molar-refractivity contribution in [2.75, 3.05) is 13.7 Å². The number of carbonyl (C=O) groups is 1. The largest absolute Gasteiger partial charge is 0.465 e. The van der Waals surface area contributed by atoms with Crippen molar-refractivity contribution in [1.82, 2.24) is 15.0 Å². The van der Waals surface area contributed by atoms with Gasteiger partial charge in [0.05, 0.1) is 31.4 Å². The number of pyridine rings is 1. The minimum Gasteiger partial charge on any atom is -0.465 e. The first-order valence-corrected chi connectivity index (χ1v) is 7.38. The molecule has 0 fully saturated rings. The molecule has 0 aliphatic carbocycles. The van der Waals surface area contributed by atoms with Gasteiger partial charge in [0, 0.05) is 11.8 Å². The van der Waals surface area contributed by atoms with Gasteiger partial charge >= 0.3 is 5.97 Å². The van der Waals surface area contributed by atoms with Crippen molar-refractivity contribution in [3.8, 4) is 11.4 Å². The predicted octanol–water partition coefficient (Wildman–Crippen LogP) is 2.48. The molecule has 0 amide bonds. The molecule has 0 bridgehead atoms. The van der Waals surface area contributed by atoms with Crippen molar-refractivity contribution in [3.05, 3.63) is 47.2 Å². The Bertz CT molecular complexity index is 901. The molecule has 2 aromatic heterocycles. The fraction of sp³-hybridized carbons (Fsp3) is 0.235. The van der Waals surface area contributed by atoms with Crippen LogP contribution in [0.15, 0.2) is 30.5 Å². The van der Waals surface area contributed by atoms with Gasteiger partial charge in [-0.2, -0.15) is 0 Å². The summed E-state index contributed by atoms with van der Waals surface area (Å²) in [7, 11) is 1.35. The third-order valence-electron chi connectivity index (χ3n) is 4.01. The van der Waals surface area contributed by atoms with E-state index in [2.05, 4.69) is 27.1 Å². The lowest BCUT2D eigenvalue weighted by atomic mass is 10.0. The zero-order valence-corrected chi connectivity index (χ0v) is 12.6. The van der Waals surface area contributed by atoms with Crippen LogP contribution in [0.5, 0.6) is 0 Å². The Hall–Kier alpha value is -2.73. The molecule has 4 rings (SSSR count). The molecule has 0 saturated carbocycles. The minimum atomic E-state index is -0.413. The maximum Gasteiger partial charge on any atom is 0.339 e. The number of methoxy groups -OCH3 is 1. The Morgan fingerprint density at radius 3 is 3.09 bits per heavy atom. The fourth-order valence-corrected chi connectivity index (χ4v) is 2.78. The van der Waals surface area contributed by atoms with E-state index in [4.69, 9.17) is 9.47 Å². The number of hydrogen-bond acceptors (Lipinski definition) is 5. The van der Waals surface area contributed by atoms with Gasteiger partial charge in [0.1, 0.15) is 5.82 Å². The van der Waals surface area contributed by atoms with Crippen LogP contribution in [0.3, 0.4) is 0 Å². The first kappa shape index (κ1) is 13.9. The van der Waals surface area contributed by atoms with E-state index in [0.29, 0.717) is 23.3 Å². The monoisotopic (exact) mass is 309 g/mol. The number of H-pyrrole nitrogens is 1. The van der Waals surface area contributed by atoms with Gasteiger partial charge in [-0.05, 0) is 29.7 Å². The van der Waals surface area contributed by atoms with Gasteiger partial charge in [0.15, 0.2) is 5.65 Å². The number of imidazole rings is 1. The van der Waals surface area contributed by atoms with Crippen molar-refractivity contribution in [2.45, 2.75) is 13.0 Å². The molecule has 1 aliphatic heterocycles. The lowest BCUT2D eigenvalue weighted by Gasteiger charge is -2.16. The molecule has 6 nitrogen and oxygen atoms in total. The van der Waals surface area contributed by atoms with Crippen LogP contribution in [0.2, 0.25) is 0 Å². The van der Waals surface area contributed by atoms with Gasteiger partial charge in [-0.1, -0.05) is 12.1 Å². The zero-order valence-electron chi connectivity index (χ0n) is 12.6. The molecule has 0 atom stereocenters. The summed E-state index contributed by atoms with van der Waals surface area (Å²) in [4.78, 5) is 23.5. The van der Waals surface area contributed by atoms with Crippen LogP contribution >= 0.6 is 0 Å². The second-order valence-corrected chi connectivity index (χ2v) is 5.46. The molecule has 116 valence electrons. The fourth-order valence-electron chi connectivity index (χ4n) is 2.78. The number of aromatic amines is 1. The number of fused-ring (bicyclic) bond motifs is 2. The summed E-state index contributed by atoms with van der Waals surface area (Å²) >= 11 is 0. The quantitative estimate of drug-likeness (QED) is 0.736.